The highest BCUT2D eigenvalue weighted by molar-refractivity contribution is 7.90. The van der Waals surface area contributed by atoms with E-state index in [9.17, 15) is 17.6 Å². The minimum atomic E-state index is -4.30. The molecule has 1 N–H and O–H groups in total. The summed E-state index contributed by atoms with van der Waals surface area (Å²) in [5.41, 5.74) is 2.12. The third-order valence-electron chi connectivity index (χ3n) is 3.51. The number of sulfonamides is 1. The van der Waals surface area contributed by atoms with Crippen LogP contribution in [0, 0.1) is 5.82 Å². The highest BCUT2D eigenvalue weighted by Gasteiger charge is 2.22. The number of pyridine rings is 1. The fourth-order valence-electron chi connectivity index (χ4n) is 2.15. The van der Waals surface area contributed by atoms with Crippen molar-refractivity contribution >= 4 is 15.9 Å². The second kappa shape index (κ2) is 7.53. The normalized spacial score (nSPS) is 11.5. The van der Waals surface area contributed by atoms with E-state index in [4.69, 9.17) is 0 Å². The first-order chi connectivity index (χ1) is 11.3. The highest BCUT2D eigenvalue weighted by atomic mass is 32.2. The molecular formula is C17H19FN2O3S. The first-order valence-corrected chi connectivity index (χ1v) is 9.03. The van der Waals surface area contributed by atoms with E-state index in [0.717, 1.165) is 17.8 Å². The van der Waals surface area contributed by atoms with E-state index in [1.54, 1.807) is 0 Å². The van der Waals surface area contributed by atoms with Crippen LogP contribution in [-0.2, 0) is 21.2 Å². The van der Waals surface area contributed by atoms with Gasteiger partial charge in [-0.25, -0.2) is 14.1 Å². The molecule has 128 valence electrons. The summed E-state index contributed by atoms with van der Waals surface area (Å²) >= 11 is 0. The molecule has 1 amide bonds. The lowest BCUT2D eigenvalue weighted by molar-refractivity contribution is -0.119. The standard InChI is InChI=1S/C17H19FN2O3S/c1-12(2)14-8-5-13(6-9-14)7-10-16(21)20-24(22,23)17-15(18)4-3-11-19-17/h3-6,8-9,11-12H,7,10H2,1-2H3,(H,20,21). The zero-order chi connectivity index (χ0) is 17.7. The molecule has 5 nitrogen and oxygen atoms in total. The Morgan fingerprint density at radius 1 is 1.21 bits per heavy atom. The molecule has 24 heavy (non-hydrogen) atoms. The number of carbonyl (C=O) groups excluding carboxylic acids is 1. The van der Waals surface area contributed by atoms with Crippen molar-refractivity contribution in [1.29, 1.82) is 0 Å². The summed E-state index contributed by atoms with van der Waals surface area (Å²) in [6.45, 7) is 4.17. The fourth-order valence-corrected chi connectivity index (χ4v) is 3.17. The minimum absolute atomic E-state index is 0.0191. The molecule has 0 aliphatic rings. The van der Waals surface area contributed by atoms with Gasteiger partial charge in [0.1, 0.15) is 0 Å². The van der Waals surface area contributed by atoms with Crippen LogP contribution in [0.15, 0.2) is 47.6 Å². The van der Waals surface area contributed by atoms with E-state index in [-0.39, 0.29) is 6.42 Å². The summed E-state index contributed by atoms with van der Waals surface area (Å²) in [7, 11) is -4.30. The first kappa shape index (κ1) is 18.1. The Bertz CT molecular complexity index is 818. The maximum absolute atomic E-state index is 13.5. The van der Waals surface area contributed by atoms with Crippen LogP contribution in [0.25, 0.3) is 0 Å². The molecule has 0 fully saturated rings. The second-order valence-electron chi connectivity index (χ2n) is 5.72. The van der Waals surface area contributed by atoms with Gasteiger partial charge in [0, 0.05) is 12.6 Å². The van der Waals surface area contributed by atoms with Crippen LogP contribution >= 0.6 is 0 Å². The molecule has 2 rings (SSSR count). The first-order valence-electron chi connectivity index (χ1n) is 7.54. The van der Waals surface area contributed by atoms with Gasteiger partial charge in [-0.3, -0.25) is 4.79 Å². The maximum Gasteiger partial charge on any atom is 0.284 e. The summed E-state index contributed by atoms with van der Waals surface area (Å²) in [6, 6.07) is 10.0. The number of carbonyl (C=O) groups is 1. The summed E-state index contributed by atoms with van der Waals surface area (Å²) in [4.78, 5) is 15.3. The number of halogens is 1. The van der Waals surface area contributed by atoms with Crippen molar-refractivity contribution in [1.82, 2.24) is 9.71 Å². The van der Waals surface area contributed by atoms with Gasteiger partial charge in [0.15, 0.2) is 5.82 Å². The van der Waals surface area contributed by atoms with Crippen LogP contribution in [0.5, 0.6) is 0 Å². The number of nitrogens with one attached hydrogen (secondary N) is 1. The molecule has 0 spiro atoms. The van der Waals surface area contributed by atoms with Gasteiger partial charge in [0.25, 0.3) is 10.0 Å². The largest absolute Gasteiger partial charge is 0.284 e. The summed E-state index contributed by atoms with van der Waals surface area (Å²) in [5.74, 6) is -1.28. The lowest BCUT2D eigenvalue weighted by Gasteiger charge is -2.08. The molecule has 0 aliphatic carbocycles. The van der Waals surface area contributed by atoms with Gasteiger partial charge in [0.2, 0.25) is 10.9 Å². The molecule has 0 bridgehead atoms. The van der Waals surface area contributed by atoms with Crippen molar-refractivity contribution in [2.24, 2.45) is 0 Å². The topological polar surface area (TPSA) is 76.1 Å². The molecule has 7 heteroatoms. The zero-order valence-electron chi connectivity index (χ0n) is 13.5. The van der Waals surface area contributed by atoms with E-state index in [1.165, 1.54) is 11.6 Å². The Hall–Kier alpha value is -2.28. The molecule has 0 aliphatic heterocycles. The van der Waals surface area contributed by atoms with E-state index in [2.05, 4.69) is 18.8 Å². The van der Waals surface area contributed by atoms with Gasteiger partial charge in [-0.2, -0.15) is 8.42 Å². The number of rotatable bonds is 6. The molecule has 1 aromatic carbocycles. The quantitative estimate of drug-likeness (QED) is 0.869. The number of hydrogen-bond acceptors (Lipinski definition) is 4. The number of amides is 1. The van der Waals surface area contributed by atoms with E-state index in [1.807, 2.05) is 29.0 Å². The maximum atomic E-state index is 13.5. The number of hydrogen-bond donors (Lipinski definition) is 1. The number of aromatic nitrogens is 1. The minimum Gasteiger partial charge on any atom is -0.274 e. The Labute approximate surface area is 141 Å². The molecule has 1 aromatic heterocycles. The fraction of sp³-hybridized carbons (Fsp3) is 0.294. The third-order valence-corrected chi connectivity index (χ3v) is 4.82. The Morgan fingerprint density at radius 3 is 2.46 bits per heavy atom. The molecule has 0 radical (unpaired) electrons. The third kappa shape index (κ3) is 4.61. The average Bonchev–Trinajstić information content (AvgIpc) is 2.53. The predicted molar refractivity (Wildman–Crippen MR) is 88.4 cm³/mol. The van der Waals surface area contributed by atoms with Crippen molar-refractivity contribution in [2.45, 2.75) is 37.6 Å². The summed E-state index contributed by atoms with van der Waals surface area (Å²) < 4.78 is 39.3. The van der Waals surface area contributed by atoms with Gasteiger partial charge < -0.3 is 0 Å². The predicted octanol–water partition coefficient (Wildman–Crippen LogP) is 2.78. The number of benzene rings is 1. The van der Waals surface area contributed by atoms with Crippen molar-refractivity contribution in [2.75, 3.05) is 0 Å². The van der Waals surface area contributed by atoms with Crippen LogP contribution in [0.3, 0.4) is 0 Å². The van der Waals surface area contributed by atoms with Crippen molar-refractivity contribution in [3.05, 3.63) is 59.5 Å². The molecule has 0 saturated carbocycles. The Morgan fingerprint density at radius 2 is 1.88 bits per heavy atom. The lowest BCUT2D eigenvalue weighted by atomic mass is 10.0. The van der Waals surface area contributed by atoms with Gasteiger partial charge in [-0.1, -0.05) is 38.1 Å². The van der Waals surface area contributed by atoms with Crippen LogP contribution in [0.4, 0.5) is 4.39 Å². The average molecular weight is 350 g/mol. The molecule has 0 unspecified atom stereocenters. The Kier molecular flexibility index (Phi) is 5.66. The Balaban J connectivity index is 1.97. The molecule has 0 saturated heterocycles. The second-order valence-corrected chi connectivity index (χ2v) is 7.31. The molecular weight excluding hydrogens is 331 g/mol. The SMILES string of the molecule is CC(C)c1ccc(CCC(=O)NS(=O)(=O)c2ncccc2F)cc1. The van der Waals surface area contributed by atoms with Crippen LogP contribution < -0.4 is 4.72 Å². The summed E-state index contributed by atoms with van der Waals surface area (Å²) in [6.07, 6.45) is 1.53. The van der Waals surface area contributed by atoms with Crippen molar-refractivity contribution in [3.63, 3.8) is 0 Å². The van der Waals surface area contributed by atoms with E-state index in [0.29, 0.717) is 12.3 Å². The zero-order valence-corrected chi connectivity index (χ0v) is 14.3. The lowest BCUT2D eigenvalue weighted by Crippen LogP contribution is -2.32. The number of nitrogens with zero attached hydrogens (tertiary/aromatic N) is 1. The van der Waals surface area contributed by atoms with Gasteiger partial charge in [-0.15, -0.1) is 0 Å². The van der Waals surface area contributed by atoms with E-state index >= 15 is 0 Å². The smallest absolute Gasteiger partial charge is 0.274 e. The van der Waals surface area contributed by atoms with Crippen LogP contribution in [-0.4, -0.2) is 19.3 Å². The molecule has 0 atom stereocenters. The van der Waals surface area contributed by atoms with Gasteiger partial charge in [-0.05, 0) is 35.6 Å². The number of aryl methyl sites for hydroxylation is 1. The van der Waals surface area contributed by atoms with Crippen LogP contribution in [0.1, 0.15) is 37.3 Å². The monoisotopic (exact) mass is 350 g/mol. The van der Waals surface area contributed by atoms with Crippen molar-refractivity contribution in [3.8, 4) is 0 Å². The molecule has 1 heterocycles. The molecule has 2 aromatic rings. The van der Waals surface area contributed by atoms with Crippen LogP contribution in [0.2, 0.25) is 0 Å². The van der Waals surface area contributed by atoms with Gasteiger partial charge in [0.05, 0.1) is 0 Å². The van der Waals surface area contributed by atoms with Crippen molar-refractivity contribution < 1.29 is 17.6 Å². The summed E-state index contributed by atoms with van der Waals surface area (Å²) in [5, 5.41) is -0.778. The van der Waals surface area contributed by atoms with E-state index < -0.39 is 26.8 Å². The van der Waals surface area contributed by atoms with Gasteiger partial charge >= 0.3 is 0 Å². The highest BCUT2D eigenvalue weighted by Crippen LogP contribution is 2.15.